The van der Waals surface area contributed by atoms with Crippen molar-refractivity contribution in [2.45, 2.75) is 32.3 Å². The second-order valence-electron chi connectivity index (χ2n) is 5.03. The number of aliphatic hydroxyl groups excluding tert-OH is 1. The van der Waals surface area contributed by atoms with E-state index in [1.165, 1.54) is 5.56 Å². The number of aromatic nitrogens is 2. The van der Waals surface area contributed by atoms with E-state index in [0.29, 0.717) is 12.3 Å². The van der Waals surface area contributed by atoms with Gasteiger partial charge in [-0.05, 0) is 31.7 Å². The van der Waals surface area contributed by atoms with E-state index in [-0.39, 0.29) is 0 Å². The number of aryl methyl sites for hydroxylation is 3. The summed E-state index contributed by atoms with van der Waals surface area (Å²) in [4.78, 5) is 0. The molecule has 0 saturated carbocycles. The van der Waals surface area contributed by atoms with Crippen molar-refractivity contribution in [1.82, 2.24) is 9.78 Å². The average Bonchev–Trinajstić information content (AvgIpc) is 2.73. The Bertz CT molecular complexity index is 549. The van der Waals surface area contributed by atoms with Crippen LogP contribution in [-0.4, -0.2) is 22.0 Å². The summed E-state index contributed by atoms with van der Waals surface area (Å²) in [6.07, 6.45) is 2.09. The predicted molar refractivity (Wildman–Crippen MR) is 78.8 cm³/mol. The van der Waals surface area contributed by atoms with Crippen molar-refractivity contribution in [3.05, 3.63) is 47.2 Å². The van der Waals surface area contributed by atoms with E-state index in [0.717, 1.165) is 24.1 Å². The van der Waals surface area contributed by atoms with Crippen molar-refractivity contribution in [3.8, 4) is 5.88 Å². The van der Waals surface area contributed by atoms with Gasteiger partial charge in [0.2, 0.25) is 5.88 Å². The first kappa shape index (κ1) is 14.6. The van der Waals surface area contributed by atoms with Gasteiger partial charge in [0.25, 0.3) is 0 Å². The highest BCUT2D eigenvalue weighted by atomic mass is 16.5. The van der Waals surface area contributed by atoms with Crippen LogP contribution < -0.4 is 4.74 Å². The van der Waals surface area contributed by atoms with Crippen LogP contribution >= 0.6 is 0 Å². The molecule has 1 atom stereocenters. The molecule has 0 saturated heterocycles. The highest BCUT2D eigenvalue weighted by molar-refractivity contribution is 5.33. The number of hydrogen-bond acceptors (Lipinski definition) is 3. The van der Waals surface area contributed by atoms with Gasteiger partial charge in [0.05, 0.1) is 24.5 Å². The first-order chi connectivity index (χ1) is 9.63. The second-order valence-corrected chi connectivity index (χ2v) is 5.03. The summed E-state index contributed by atoms with van der Waals surface area (Å²) in [5, 5.41) is 14.7. The molecule has 0 amide bonds. The normalized spacial score (nSPS) is 12.4. The summed E-state index contributed by atoms with van der Waals surface area (Å²) in [7, 11) is 3.43. The SMILES string of the molecule is COc1c(C(O)CCCc2ccccc2)c(C)nn1C. The molecule has 0 fully saturated rings. The van der Waals surface area contributed by atoms with E-state index in [9.17, 15) is 5.11 Å². The van der Waals surface area contributed by atoms with Crippen molar-refractivity contribution in [2.75, 3.05) is 7.11 Å². The lowest BCUT2D eigenvalue weighted by Gasteiger charge is -2.12. The molecule has 1 aromatic carbocycles. The maximum Gasteiger partial charge on any atom is 0.217 e. The van der Waals surface area contributed by atoms with E-state index in [2.05, 4.69) is 17.2 Å². The summed E-state index contributed by atoms with van der Waals surface area (Å²) in [5.41, 5.74) is 2.94. The van der Waals surface area contributed by atoms with Crippen LogP contribution in [0.4, 0.5) is 0 Å². The second kappa shape index (κ2) is 6.57. The van der Waals surface area contributed by atoms with Crippen LogP contribution in [0.3, 0.4) is 0 Å². The zero-order chi connectivity index (χ0) is 14.5. The number of rotatable bonds is 6. The Morgan fingerprint density at radius 2 is 2.00 bits per heavy atom. The van der Waals surface area contributed by atoms with Crippen LogP contribution in [0.25, 0.3) is 0 Å². The summed E-state index contributed by atoms with van der Waals surface area (Å²) < 4.78 is 6.99. The van der Waals surface area contributed by atoms with Gasteiger partial charge in [0.1, 0.15) is 0 Å². The van der Waals surface area contributed by atoms with Crippen molar-refractivity contribution in [2.24, 2.45) is 7.05 Å². The molecule has 2 aromatic rings. The predicted octanol–water partition coefficient (Wildman–Crippen LogP) is 2.79. The van der Waals surface area contributed by atoms with Gasteiger partial charge in [0.15, 0.2) is 0 Å². The fourth-order valence-electron chi connectivity index (χ4n) is 2.57. The molecule has 0 aliphatic heterocycles. The minimum absolute atomic E-state index is 0.526. The lowest BCUT2D eigenvalue weighted by atomic mass is 10.0. The molecule has 0 bridgehead atoms. The number of methoxy groups -OCH3 is 1. The Labute approximate surface area is 120 Å². The third-order valence-electron chi connectivity index (χ3n) is 3.53. The third-order valence-corrected chi connectivity index (χ3v) is 3.53. The van der Waals surface area contributed by atoms with Gasteiger partial charge in [0, 0.05) is 7.05 Å². The maximum atomic E-state index is 10.4. The van der Waals surface area contributed by atoms with E-state index >= 15 is 0 Å². The molecule has 0 spiro atoms. The Kier molecular flexibility index (Phi) is 4.79. The molecule has 20 heavy (non-hydrogen) atoms. The molecule has 1 N–H and O–H groups in total. The summed E-state index contributed by atoms with van der Waals surface area (Å²) in [6.45, 7) is 1.90. The summed E-state index contributed by atoms with van der Waals surface area (Å²) >= 11 is 0. The van der Waals surface area contributed by atoms with Crippen molar-refractivity contribution in [1.29, 1.82) is 0 Å². The number of benzene rings is 1. The van der Waals surface area contributed by atoms with E-state index < -0.39 is 6.10 Å². The largest absolute Gasteiger partial charge is 0.481 e. The molecular formula is C16H22N2O2. The van der Waals surface area contributed by atoms with Crippen LogP contribution in [0.2, 0.25) is 0 Å². The minimum atomic E-state index is -0.526. The van der Waals surface area contributed by atoms with E-state index in [1.807, 2.05) is 32.2 Å². The highest BCUT2D eigenvalue weighted by Gasteiger charge is 2.20. The standard InChI is InChI=1S/C16H22N2O2/c1-12-15(16(20-3)18(2)17-12)14(19)11-7-10-13-8-5-4-6-9-13/h4-6,8-9,14,19H,7,10-11H2,1-3H3. The topological polar surface area (TPSA) is 47.3 Å². The molecule has 1 aromatic heterocycles. The monoisotopic (exact) mass is 274 g/mol. The molecule has 1 heterocycles. The van der Waals surface area contributed by atoms with Gasteiger partial charge in [-0.3, -0.25) is 0 Å². The molecule has 4 heteroatoms. The summed E-state index contributed by atoms with van der Waals surface area (Å²) in [6, 6.07) is 10.3. The highest BCUT2D eigenvalue weighted by Crippen LogP contribution is 2.30. The van der Waals surface area contributed by atoms with E-state index in [4.69, 9.17) is 4.74 Å². The van der Waals surface area contributed by atoms with Gasteiger partial charge >= 0.3 is 0 Å². The van der Waals surface area contributed by atoms with Crippen molar-refractivity contribution in [3.63, 3.8) is 0 Å². The van der Waals surface area contributed by atoms with Crippen molar-refractivity contribution >= 4 is 0 Å². The Hall–Kier alpha value is -1.81. The van der Waals surface area contributed by atoms with Gasteiger partial charge in [-0.25, -0.2) is 4.68 Å². The van der Waals surface area contributed by atoms with Crippen LogP contribution in [0.1, 0.15) is 35.8 Å². The quantitative estimate of drug-likeness (QED) is 0.881. The molecule has 1 unspecified atom stereocenters. The Balaban J connectivity index is 1.97. The van der Waals surface area contributed by atoms with Gasteiger partial charge in [-0.2, -0.15) is 5.10 Å². The van der Waals surface area contributed by atoms with Crippen molar-refractivity contribution < 1.29 is 9.84 Å². The van der Waals surface area contributed by atoms with Crippen LogP contribution in [0.15, 0.2) is 30.3 Å². The Morgan fingerprint density at radius 1 is 1.30 bits per heavy atom. The van der Waals surface area contributed by atoms with Crippen LogP contribution in [-0.2, 0) is 13.5 Å². The molecule has 0 aliphatic rings. The van der Waals surface area contributed by atoms with E-state index in [1.54, 1.807) is 11.8 Å². The molecule has 2 rings (SSSR count). The molecule has 0 aliphatic carbocycles. The molecular weight excluding hydrogens is 252 g/mol. The Morgan fingerprint density at radius 3 is 2.65 bits per heavy atom. The molecule has 4 nitrogen and oxygen atoms in total. The smallest absolute Gasteiger partial charge is 0.217 e. The zero-order valence-electron chi connectivity index (χ0n) is 12.3. The molecule has 0 radical (unpaired) electrons. The fourth-order valence-corrected chi connectivity index (χ4v) is 2.57. The first-order valence-corrected chi connectivity index (χ1v) is 6.93. The third kappa shape index (κ3) is 3.20. The van der Waals surface area contributed by atoms with Crippen LogP contribution in [0, 0.1) is 6.92 Å². The number of hydrogen-bond donors (Lipinski definition) is 1. The number of nitrogens with zero attached hydrogens (tertiary/aromatic N) is 2. The van der Waals surface area contributed by atoms with Gasteiger partial charge < -0.3 is 9.84 Å². The lowest BCUT2D eigenvalue weighted by Crippen LogP contribution is -2.03. The van der Waals surface area contributed by atoms with Gasteiger partial charge in [-0.15, -0.1) is 0 Å². The lowest BCUT2D eigenvalue weighted by molar-refractivity contribution is 0.159. The average molecular weight is 274 g/mol. The number of ether oxygens (including phenoxy) is 1. The molecule has 108 valence electrons. The zero-order valence-corrected chi connectivity index (χ0v) is 12.3. The number of aliphatic hydroxyl groups is 1. The van der Waals surface area contributed by atoms with Gasteiger partial charge in [-0.1, -0.05) is 30.3 Å². The fraction of sp³-hybridized carbons (Fsp3) is 0.438. The summed E-state index contributed by atoms with van der Waals surface area (Å²) in [5.74, 6) is 0.648. The maximum absolute atomic E-state index is 10.4. The first-order valence-electron chi connectivity index (χ1n) is 6.93. The minimum Gasteiger partial charge on any atom is -0.481 e. The van der Waals surface area contributed by atoms with Crippen LogP contribution in [0.5, 0.6) is 5.88 Å².